The maximum Gasteiger partial charge on any atom is 0.339 e. The number of hydrogen-bond donors (Lipinski definition) is 1. The van der Waals surface area contributed by atoms with Crippen LogP contribution in [0.2, 0.25) is 0 Å². The predicted octanol–water partition coefficient (Wildman–Crippen LogP) is 2.10. The van der Waals surface area contributed by atoms with E-state index < -0.39 is 17.9 Å². The number of rotatable bonds is 2. The summed E-state index contributed by atoms with van der Waals surface area (Å²) in [5, 5.41) is 9.47. The number of ether oxygens (including phenoxy) is 1. The largest absolute Gasteiger partial charge is 0.467 e. The number of aliphatic hydroxyl groups is 1. The van der Waals surface area contributed by atoms with Crippen LogP contribution in [0.4, 0.5) is 4.39 Å². The molecule has 0 aliphatic carbocycles. The molecule has 0 bridgehead atoms. The SMILES string of the molecule is COC(=O)C(O)c1cc(F)c(C)c(Br)c1. The smallest absolute Gasteiger partial charge is 0.339 e. The molecular weight excluding hydrogens is 267 g/mol. The Morgan fingerprint density at radius 3 is 2.67 bits per heavy atom. The molecule has 1 aromatic carbocycles. The summed E-state index contributed by atoms with van der Waals surface area (Å²) in [5.41, 5.74) is 0.590. The first-order valence-corrected chi connectivity index (χ1v) is 4.98. The molecule has 0 saturated carbocycles. The third-order valence-corrected chi connectivity index (χ3v) is 2.87. The van der Waals surface area contributed by atoms with Gasteiger partial charge in [0.2, 0.25) is 0 Å². The first kappa shape index (κ1) is 12.1. The van der Waals surface area contributed by atoms with Gasteiger partial charge in [-0.15, -0.1) is 0 Å². The van der Waals surface area contributed by atoms with Crippen LogP contribution < -0.4 is 0 Å². The molecule has 0 aliphatic rings. The minimum absolute atomic E-state index is 0.164. The van der Waals surface area contributed by atoms with Crippen LogP contribution >= 0.6 is 15.9 Å². The third kappa shape index (κ3) is 2.54. The molecule has 0 fully saturated rings. The Labute approximate surface area is 95.0 Å². The monoisotopic (exact) mass is 276 g/mol. The average molecular weight is 277 g/mol. The molecule has 1 atom stereocenters. The topological polar surface area (TPSA) is 46.5 Å². The van der Waals surface area contributed by atoms with Gasteiger partial charge in [-0.05, 0) is 30.2 Å². The number of carbonyl (C=O) groups is 1. The van der Waals surface area contributed by atoms with Crippen molar-refractivity contribution in [3.8, 4) is 0 Å². The fraction of sp³-hybridized carbons (Fsp3) is 0.300. The fourth-order valence-corrected chi connectivity index (χ4v) is 1.52. The van der Waals surface area contributed by atoms with Gasteiger partial charge in [0, 0.05) is 4.47 Å². The number of hydrogen-bond acceptors (Lipinski definition) is 3. The molecule has 1 aromatic rings. The van der Waals surface area contributed by atoms with E-state index >= 15 is 0 Å². The number of halogens is 2. The summed E-state index contributed by atoms with van der Waals surface area (Å²) in [6.07, 6.45) is -1.46. The van der Waals surface area contributed by atoms with Gasteiger partial charge < -0.3 is 9.84 Å². The molecule has 82 valence electrons. The molecule has 5 heteroatoms. The van der Waals surface area contributed by atoms with Gasteiger partial charge in [0.05, 0.1) is 7.11 Å². The lowest BCUT2D eigenvalue weighted by Gasteiger charge is -2.10. The lowest BCUT2D eigenvalue weighted by Crippen LogP contribution is -2.13. The van der Waals surface area contributed by atoms with Crippen LogP contribution in [0.5, 0.6) is 0 Å². The van der Waals surface area contributed by atoms with Crippen molar-refractivity contribution in [1.82, 2.24) is 0 Å². The van der Waals surface area contributed by atoms with Crippen molar-refractivity contribution in [3.63, 3.8) is 0 Å². The number of methoxy groups -OCH3 is 1. The zero-order valence-corrected chi connectivity index (χ0v) is 9.84. The van der Waals surface area contributed by atoms with Gasteiger partial charge in [-0.3, -0.25) is 0 Å². The van der Waals surface area contributed by atoms with Gasteiger partial charge in [-0.2, -0.15) is 0 Å². The summed E-state index contributed by atoms with van der Waals surface area (Å²) in [5.74, 6) is -1.30. The second-order valence-corrected chi connectivity index (χ2v) is 3.89. The standard InChI is InChI=1S/C10H10BrFO3/c1-5-7(11)3-6(4-8(5)12)9(13)10(14)15-2/h3-4,9,13H,1-2H3. The van der Waals surface area contributed by atoms with Crippen molar-refractivity contribution in [2.45, 2.75) is 13.0 Å². The molecule has 0 spiro atoms. The molecule has 1 N–H and O–H groups in total. The normalized spacial score (nSPS) is 12.3. The van der Waals surface area contributed by atoms with Crippen LogP contribution in [-0.4, -0.2) is 18.2 Å². The highest BCUT2D eigenvalue weighted by Gasteiger charge is 2.19. The van der Waals surface area contributed by atoms with E-state index in [0.29, 0.717) is 10.0 Å². The van der Waals surface area contributed by atoms with Crippen LogP contribution in [0.15, 0.2) is 16.6 Å². The Hall–Kier alpha value is -0.940. The first-order valence-electron chi connectivity index (χ1n) is 4.18. The van der Waals surface area contributed by atoms with E-state index in [9.17, 15) is 14.3 Å². The zero-order valence-electron chi connectivity index (χ0n) is 8.25. The molecule has 1 unspecified atom stereocenters. The van der Waals surface area contributed by atoms with E-state index in [1.54, 1.807) is 6.92 Å². The van der Waals surface area contributed by atoms with Crippen molar-refractivity contribution in [2.24, 2.45) is 0 Å². The number of esters is 1. The van der Waals surface area contributed by atoms with Gasteiger partial charge >= 0.3 is 5.97 Å². The summed E-state index contributed by atoms with van der Waals surface area (Å²) >= 11 is 3.13. The van der Waals surface area contributed by atoms with Crippen molar-refractivity contribution in [2.75, 3.05) is 7.11 Å². The van der Waals surface area contributed by atoms with Crippen LogP contribution in [0.25, 0.3) is 0 Å². The highest BCUT2D eigenvalue weighted by Crippen LogP contribution is 2.25. The maximum absolute atomic E-state index is 13.3. The molecule has 0 amide bonds. The number of carbonyl (C=O) groups excluding carboxylic acids is 1. The van der Waals surface area contributed by atoms with E-state index in [1.165, 1.54) is 6.07 Å². The van der Waals surface area contributed by atoms with Crippen molar-refractivity contribution in [3.05, 3.63) is 33.5 Å². The van der Waals surface area contributed by atoms with Crippen molar-refractivity contribution in [1.29, 1.82) is 0 Å². The Morgan fingerprint density at radius 1 is 1.60 bits per heavy atom. The molecule has 0 saturated heterocycles. The minimum atomic E-state index is -1.46. The lowest BCUT2D eigenvalue weighted by atomic mass is 10.1. The molecule has 3 nitrogen and oxygen atoms in total. The molecule has 0 heterocycles. The van der Waals surface area contributed by atoms with Crippen molar-refractivity contribution >= 4 is 21.9 Å². The Balaban J connectivity index is 3.11. The van der Waals surface area contributed by atoms with Crippen LogP contribution in [0.1, 0.15) is 17.2 Å². The molecule has 0 radical (unpaired) electrons. The summed E-state index contributed by atoms with van der Waals surface area (Å²) in [7, 11) is 1.16. The average Bonchev–Trinajstić information content (AvgIpc) is 2.23. The maximum atomic E-state index is 13.3. The Morgan fingerprint density at radius 2 is 2.20 bits per heavy atom. The van der Waals surface area contributed by atoms with Gasteiger partial charge in [0.1, 0.15) is 5.82 Å². The Bertz CT molecular complexity index is 369. The zero-order chi connectivity index (χ0) is 11.6. The summed E-state index contributed by atoms with van der Waals surface area (Å²) in [6.45, 7) is 1.59. The van der Waals surface area contributed by atoms with Crippen LogP contribution in [0.3, 0.4) is 0 Å². The fourth-order valence-electron chi connectivity index (χ4n) is 1.07. The summed E-state index contributed by atoms with van der Waals surface area (Å²) in [4.78, 5) is 11.0. The van der Waals surface area contributed by atoms with Gasteiger partial charge in [0.25, 0.3) is 0 Å². The highest BCUT2D eigenvalue weighted by molar-refractivity contribution is 9.10. The quantitative estimate of drug-likeness (QED) is 0.842. The number of aliphatic hydroxyl groups excluding tert-OH is 1. The summed E-state index contributed by atoms with van der Waals surface area (Å²) in [6, 6.07) is 2.60. The van der Waals surface area contributed by atoms with Gasteiger partial charge in [-0.1, -0.05) is 15.9 Å². The first-order chi connectivity index (χ1) is 6.97. The second-order valence-electron chi connectivity index (χ2n) is 3.04. The van der Waals surface area contributed by atoms with Crippen molar-refractivity contribution < 1.29 is 19.0 Å². The molecular formula is C10H10BrFO3. The molecule has 0 aromatic heterocycles. The van der Waals surface area contributed by atoms with Gasteiger partial charge in [0.15, 0.2) is 6.10 Å². The lowest BCUT2D eigenvalue weighted by molar-refractivity contribution is -0.150. The van der Waals surface area contributed by atoms with Crippen LogP contribution in [-0.2, 0) is 9.53 Å². The second kappa shape index (κ2) is 4.72. The Kier molecular flexibility index (Phi) is 3.82. The molecule has 1 rings (SSSR count). The molecule has 15 heavy (non-hydrogen) atoms. The van der Waals surface area contributed by atoms with Crippen LogP contribution in [0, 0.1) is 12.7 Å². The van der Waals surface area contributed by atoms with Gasteiger partial charge in [-0.25, -0.2) is 9.18 Å². The van der Waals surface area contributed by atoms with E-state index in [1.807, 2.05) is 0 Å². The van der Waals surface area contributed by atoms with E-state index in [-0.39, 0.29) is 5.56 Å². The molecule has 0 aliphatic heterocycles. The summed E-state index contributed by atoms with van der Waals surface area (Å²) < 4.78 is 18.1. The number of benzene rings is 1. The van der Waals surface area contributed by atoms with E-state index in [2.05, 4.69) is 20.7 Å². The predicted molar refractivity (Wildman–Crippen MR) is 55.8 cm³/mol. The van der Waals surface area contributed by atoms with E-state index in [0.717, 1.165) is 13.2 Å². The third-order valence-electron chi connectivity index (χ3n) is 2.04. The van der Waals surface area contributed by atoms with E-state index in [4.69, 9.17) is 0 Å². The minimum Gasteiger partial charge on any atom is -0.467 e. The highest BCUT2D eigenvalue weighted by atomic mass is 79.9.